The van der Waals surface area contributed by atoms with Crippen molar-refractivity contribution in [3.63, 3.8) is 0 Å². The highest BCUT2D eigenvalue weighted by Gasteiger charge is 2.71. The molecule has 4 rings (SSSR count). The minimum atomic E-state index is -0.633. The number of amides is 1. The summed E-state index contributed by atoms with van der Waals surface area (Å²) in [6, 6.07) is 12.7. The molecule has 2 aliphatic carbocycles. The molecule has 1 amide bonds. The van der Waals surface area contributed by atoms with Gasteiger partial charge in [-0.05, 0) is 61.9 Å². The number of benzene rings is 2. The van der Waals surface area contributed by atoms with E-state index in [9.17, 15) is 9.59 Å². The third kappa shape index (κ3) is 3.25. The van der Waals surface area contributed by atoms with Crippen LogP contribution in [0.3, 0.4) is 0 Å². The number of hydrogen-bond acceptors (Lipinski definition) is 4. The molecule has 32 heavy (non-hydrogen) atoms. The molecule has 2 unspecified atom stereocenters. The fourth-order valence-corrected chi connectivity index (χ4v) is 5.52. The van der Waals surface area contributed by atoms with Gasteiger partial charge in [-0.3, -0.25) is 4.79 Å². The summed E-state index contributed by atoms with van der Waals surface area (Å²) in [6.07, 6.45) is 2.03. The Labute approximate surface area is 194 Å². The lowest BCUT2D eigenvalue weighted by molar-refractivity contribution is -0.130. The van der Waals surface area contributed by atoms with Gasteiger partial charge in [-0.25, -0.2) is 4.79 Å². The quantitative estimate of drug-likeness (QED) is 0.435. The van der Waals surface area contributed by atoms with Crippen molar-refractivity contribution in [3.8, 4) is 0 Å². The number of nitrogens with zero attached hydrogens (tertiary/aromatic N) is 1. The monoisotopic (exact) mass is 452 g/mol. The van der Waals surface area contributed by atoms with E-state index in [1.165, 1.54) is 0 Å². The second-order valence-electron chi connectivity index (χ2n) is 9.87. The van der Waals surface area contributed by atoms with E-state index in [1.54, 1.807) is 12.1 Å². The minimum absolute atomic E-state index is 0.0355. The predicted molar refractivity (Wildman–Crippen MR) is 127 cm³/mol. The average Bonchev–Trinajstić information content (AvgIpc) is 3.06. The van der Waals surface area contributed by atoms with Gasteiger partial charge in [0.05, 0.1) is 16.7 Å². The van der Waals surface area contributed by atoms with Crippen LogP contribution < -0.4 is 5.32 Å². The van der Waals surface area contributed by atoms with Crippen LogP contribution in [0, 0.1) is 30.1 Å². The van der Waals surface area contributed by atoms with Gasteiger partial charge < -0.3 is 10.2 Å². The van der Waals surface area contributed by atoms with Gasteiger partial charge in [0.2, 0.25) is 5.91 Å². The van der Waals surface area contributed by atoms with E-state index in [4.69, 9.17) is 16.4 Å². The fourth-order valence-electron chi connectivity index (χ4n) is 5.35. The number of aryl methyl sites for hydroxylation is 1. The van der Waals surface area contributed by atoms with Gasteiger partial charge >= 0.3 is 5.97 Å². The summed E-state index contributed by atoms with van der Waals surface area (Å²) in [6.45, 7) is 10.2. The largest absolute Gasteiger partial charge is 0.365 e. The number of halogens is 1. The molecule has 0 heterocycles. The van der Waals surface area contributed by atoms with Gasteiger partial charge in [0.1, 0.15) is 0 Å². The second kappa shape index (κ2) is 7.73. The number of hydrogen-bond donors (Lipinski definition) is 1. The zero-order valence-corrected chi connectivity index (χ0v) is 20.0. The zero-order chi connectivity index (χ0) is 23.3. The summed E-state index contributed by atoms with van der Waals surface area (Å²) in [5.74, 6) is -0.526. The van der Waals surface area contributed by atoms with E-state index in [0.29, 0.717) is 17.0 Å². The van der Waals surface area contributed by atoms with Crippen molar-refractivity contribution in [3.05, 3.63) is 64.2 Å². The van der Waals surface area contributed by atoms with E-state index in [0.717, 1.165) is 35.4 Å². The maximum Gasteiger partial charge on any atom is 0.365 e. The molecule has 2 fully saturated rings. The first-order chi connectivity index (χ1) is 15.0. The molecular formula is C26H29ClN2O3. The van der Waals surface area contributed by atoms with Gasteiger partial charge in [0, 0.05) is 22.5 Å². The molecule has 0 aromatic heterocycles. The number of rotatable bonds is 4. The van der Waals surface area contributed by atoms with Crippen LogP contribution >= 0.6 is 11.6 Å². The predicted octanol–water partition coefficient (Wildman–Crippen LogP) is 6.32. The number of carbonyl (C=O) groups excluding carboxylic acids is 2. The zero-order valence-electron chi connectivity index (χ0n) is 19.2. The van der Waals surface area contributed by atoms with E-state index in [2.05, 4.69) is 31.2 Å². The molecule has 2 atom stereocenters. The van der Waals surface area contributed by atoms with Crippen LogP contribution in [0.4, 0.5) is 5.69 Å². The van der Waals surface area contributed by atoms with Crippen molar-refractivity contribution in [1.29, 1.82) is 0 Å². The minimum Gasteiger partial charge on any atom is -0.325 e. The molecule has 0 spiro atoms. The van der Waals surface area contributed by atoms with Crippen LogP contribution in [0.1, 0.15) is 61.5 Å². The second-order valence-corrected chi connectivity index (χ2v) is 10.3. The van der Waals surface area contributed by atoms with Crippen molar-refractivity contribution in [2.75, 3.05) is 5.32 Å². The number of fused-ring (bicyclic) bond motifs is 2. The molecule has 168 valence electrons. The Morgan fingerprint density at radius 2 is 1.72 bits per heavy atom. The van der Waals surface area contributed by atoms with Gasteiger partial charge in [0.25, 0.3) is 0 Å². The van der Waals surface area contributed by atoms with E-state index < -0.39 is 11.4 Å². The number of nitrogens with one attached hydrogen (secondary N) is 1. The molecule has 0 aliphatic heterocycles. The third-order valence-corrected chi connectivity index (χ3v) is 8.62. The summed E-state index contributed by atoms with van der Waals surface area (Å²) in [5, 5.41) is 8.04. The Morgan fingerprint density at radius 3 is 2.41 bits per heavy atom. The van der Waals surface area contributed by atoms with Crippen LogP contribution in [-0.4, -0.2) is 17.6 Å². The van der Waals surface area contributed by atoms with Gasteiger partial charge in [-0.15, -0.1) is 0 Å². The molecular weight excluding hydrogens is 424 g/mol. The first-order valence-corrected chi connectivity index (χ1v) is 11.3. The molecule has 0 saturated heterocycles. The lowest BCUT2D eigenvalue weighted by atomic mass is 9.64. The van der Waals surface area contributed by atoms with Crippen molar-refractivity contribution in [2.24, 2.45) is 21.4 Å². The number of carbonyl (C=O) groups is 2. The maximum absolute atomic E-state index is 13.6. The van der Waals surface area contributed by atoms with Crippen molar-refractivity contribution in [2.45, 2.75) is 53.9 Å². The Morgan fingerprint density at radius 1 is 1.03 bits per heavy atom. The first kappa shape index (κ1) is 22.5. The summed E-state index contributed by atoms with van der Waals surface area (Å²) in [5.41, 5.74) is 2.54. The van der Waals surface area contributed by atoms with Gasteiger partial charge in [-0.2, -0.15) is 0 Å². The van der Waals surface area contributed by atoms with E-state index in [1.807, 2.05) is 44.2 Å². The topological polar surface area (TPSA) is 67.8 Å². The van der Waals surface area contributed by atoms with Crippen LogP contribution in [0.15, 0.2) is 47.6 Å². The Hall–Kier alpha value is -2.66. The highest BCUT2D eigenvalue weighted by atomic mass is 35.5. The normalized spacial score (nSPS) is 26.9. The lowest BCUT2D eigenvalue weighted by Gasteiger charge is -2.39. The number of anilines is 1. The van der Waals surface area contributed by atoms with Crippen molar-refractivity contribution < 1.29 is 14.4 Å². The molecule has 1 N–H and O–H groups in total. The summed E-state index contributed by atoms with van der Waals surface area (Å²) in [7, 11) is 0. The molecule has 6 heteroatoms. The average molecular weight is 453 g/mol. The SMILES string of the molecule is Cc1ccc(C(=O)ON=C2CC3(C(=O)Nc4cccc(Cl)c4C)CCC2(C)C3(C)C)cc1. The van der Waals surface area contributed by atoms with Gasteiger partial charge in [0.15, 0.2) is 0 Å². The van der Waals surface area contributed by atoms with Crippen LogP contribution in [-0.2, 0) is 9.63 Å². The maximum atomic E-state index is 13.6. The summed E-state index contributed by atoms with van der Waals surface area (Å²) < 4.78 is 0. The lowest BCUT2D eigenvalue weighted by Crippen LogP contribution is -2.43. The fraction of sp³-hybridized carbons (Fsp3) is 0.423. The van der Waals surface area contributed by atoms with E-state index in [-0.39, 0.29) is 16.7 Å². The van der Waals surface area contributed by atoms with Crippen LogP contribution in [0.2, 0.25) is 5.02 Å². The smallest absolute Gasteiger partial charge is 0.325 e. The standard InChI is InChI=1S/C26H29ClN2O3/c1-16-9-11-18(12-10-16)22(30)32-29-21-15-26(14-13-25(21,5)24(26,3)4)23(31)28-20-8-6-7-19(27)17(20)2/h6-12H,13-15H2,1-5H3,(H,28,31). The highest BCUT2D eigenvalue weighted by Crippen LogP contribution is 2.71. The molecule has 2 bridgehead atoms. The van der Waals surface area contributed by atoms with E-state index >= 15 is 0 Å². The molecule has 2 aromatic carbocycles. The van der Waals surface area contributed by atoms with Crippen LogP contribution in [0.25, 0.3) is 0 Å². The molecule has 2 aliphatic rings. The Bertz CT molecular complexity index is 1120. The molecule has 2 aromatic rings. The third-order valence-electron chi connectivity index (χ3n) is 8.21. The highest BCUT2D eigenvalue weighted by molar-refractivity contribution is 6.31. The summed E-state index contributed by atoms with van der Waals surface area (Å²) in [4.78, 5) is 31.5. The molecule has 0 radical (unpaired) electrons. The van der Waals surface area contributed by atoms with Crippen LogP contribution in [0.5, 0.6) is 0 Å². The van der Waals surface area contributed by atoms with Gasteiger partial charge in [-0.1, -0.05) is 61.3 Å². The van der Waals surface area contributed by atoms with Crippen molar-refractivity contribution in [1.82, 2.24) is 0 Å². The Kier molecular flexibility index (Phi) is 5.44. The molecule has 2 saturated carbocycles. The number of oxime groups is 1. The summed E-state index contributed by atoms with van der Waals surface area (Å²) >= 11 is 6.25. The molecule has 5 nitrogen and oxygen atoms in total. The van der Waals surface area contributed by atoms with Crippen molar-refractivity contribution >= 4 is 34.9 Å². The first-order valence-electron chi connectivity index (χ1n) is 10.9. The Balaban J connectivity index is 1.60.